The molecule has 0 bridgehead atoms. The molecule has 0 fully saturated rings. The van der Waals surface area contributed by atoms with Crippen LogP contribution in [0.1, 0.15) is 51.8 Å². The van der Waals surface area contributed by atoms with Crippen LogP contribution in [0.5, 0.6) is 0 Å². The molecular weight excluding hydrogens is 278 g/mol. The molecule has 0 aliphatic rings. The highest BCUT2D eigenvalue weighted by molar-refractivity contribution is 9.10. The number of halogens is 1. The summed E-state index contributed by atoms with van der Waals surface area (Å²) in [6.07, 6.45) is 5.50. The monoisotopic (exact) mass is 301 g/mol. The van der Waals surface area contributed by atoms with Crippen molar-refractivity contribution in [3.63, 3.8) is 0 Å². The summed E-state index contributed by atoms with van der Waals surface area (Å²) in [5.74, 6) is 0.623. The van der Waals surface area contributed by atoms with Gasteiger partial charge >= 0.3 is 0 Å². The Labute approximate surface area is 113 Å². The van der Waals surface area contributed by atoms with Crippen molar-refractivity contribution in [3.05, 3.63) is 16.4 Å². The molecule has 3 nitrogen and oxygen atoms in total. The summed E-state index contributed by atoms with van der Waals surface area (Å²) in [5.41, 5.74) is 1.26. The molecule has 4 heteroatoms. The van der Waals surface area contributed by atoms with Crippen LogP contribution in [-0.2, 0) is 7.05 Å². The van der Waals surface area contributed by atoms with Gasteiger partial charge in [-0.2, -0.15) is 5.10 Å². The molecule has 98 valence electrons. The summed E-state index contributed by atoms with van der Waals surface area (Å²) in [4.78, 5) is 0. The fourth-order valence-electron chi connectivity index (χ4n) is 2.26. The first-order valence-corrected chi connectivity index (χ1v) is 7.31. The second kappa shape index (κ2) is 7.17. The van der Waals surface area contributed by atoms with E-state index in [1.807, 2.05) is 17.9 Å². The van der Waals surface area contributed by atoms with Crippen molar-refractivity contribution in [1.82, 2.24) is 15.1 Å². The maximum atomic E-state index is 4.32. The number of aromatic nitrogens is 2. The molecule has 0 spiro atoms. The Morgan fingerprint density at radius 2 is 2.12 bits per heavy atom. The topological polar surface area (TPSA) is 29.9 Å². The molecule has 0 aliphatic carbocycles. The van der Waals surface area contributed by atoms with Crippen molar-refractivity contribution in [2.75, 3.05) is 6.54 Å². The third kappa shape index (κ3) is 3.81. The lowest BCUT2D eigenvalue weighted by Gasteiger charge is -2.25. The van der Waals surface area contributed by atoms with E-state index in [1.54, 1.807) is 0 Å². The van der Waals surface area contributed by atoms with Crippen LogP contribution in [0.2, 0.25) is 0 Å². The number of nitrogens with zero attached hydrogens (tertiary/aromatic N) is 2. The number of hydrogen-bond acceptors (Lipinski definition) is 2. The number of aryl methyl sites for hydroxylation is 1. The first kappa shape index (κ1) is 14.7. The van der Waals surface area contributed by atoms with Crippen LogP contribution in [-0.4, -0.2) is 16.3 Å². The van der Waals surface area contributed by atoms with Crippen LogP contribution in [0.3, 0.4) is 0 Å². The van der Waals surface area contributed by atoms with Gasteiger partial charge in [0.1, 0.15) is 0 Å². The molecule has 1 heterocycles. The Balaban J connectivity index is 2.89. The van der Waals surface area contributed by atoms with E-state index in [2.05, 4.69) is 47.1 Å². The molecule has 0 radical (unpaired) electrons. The molecule has 2 atom stereocenters. The molecule has 0 amide bonds. The predicted molar refractivity (Wildman–Crippen MR) is 76.0 cm³/mol. The number of hydrogen-bond donors (Lipinski definition) is 1. The SMILES string of the molecule is CCCNC(c1c(Br)cnn1C)C(C)CCC. The Morgan fingerprint density at radius 1 is 1.41 bits per heavy atom. The van der Waals surface area contributed by atoms with E-state index >= 15 is 0 Å². The van der Waals surface area contributed by atoms with Crippen LogP contribution in [0.25, 0.3) is 0 Å². The van der Waals surface area contributed by atoms with E-state index in [0.717, 1.165) is 17.4 Å². The van der Waals surface area contributed by atoms with E-state index in [4.69, 9.17) is 0 Å². The van der Waals surface area contributed by atoms with Gasteiger partial charge in [0.25, 0.3) is 0 Å². The van der Waals surface area contributed by atoms with E-state index < -0.39 is 0 Å². The smallest absolute Gasteiger partial charge is 0.0695 e. The molecule has 1 rings (SSSR count). The second-order valence-corrected chi connectivity index (χ2v) is 5.55. The zero-order valence-electron chi connectivity index (χ0n) is 11.3. The van der Waals surface area contributed by atoms with Crippen molar-refractivity contribution < 1.29 is 0 Å². The number of nitrogens with one attached hydrogen (secondary N) is 1. The minimum atomic E-state index is 0.386. The first-order valence-electron chi connectivity index (χ1n) is 6.52. The molecule has 2 unspecified atom stereocenters. The zero-order valence-corrected chi connectivity index (χ0v) is 12.9. The van der Waals surface area contributed by atoms with Gasteiger partial charge in [-0.05, 0) is 41.2 Å². The van der Waals surface area contributed by atoms with Crippen molar-refractivity contribution >= 4 is 15.9 Å². The van der Waals surface area contributed by atoms with Crippen molar-refractivity contribution in [1.29, 1.82) is 0 Å². The summed E-state index contributed by atoms with van der Waals surface area (Å²) < 4.78 is 3.08. The van der Waals surface area contributed by atoms with Crippen LogP contribution >= 0.6 is 15.9 Å². The maximum Gasteiger partial charge on any atom is 0.0695 e. The van der Waals surface area contributed by atoms with E-state index in [9.17, 15) is 0 Å². The molecule has 17 heavy (non-hydrogen) atoms. The van der Waals surface area contributed by atoms with Gasteiger partial charge in [-0.25, -0.2) is 0 Å². The average molecular weight is 302 g/mol. The Morgan fingerprint density at radius 3 is 2.59 bits per heavy atom. The lowest BCUT2D eigenvalue weighted by molar-refractivity contribution is 0.346. The summed E-state index contributed by atoms with van der Waals surface area (Å²) in [6.45, 7) is 7.81. The highest BCUT2D eigenvalue weighted by Crippen LogP contribution is 2.30. The highest BCUT2D eigenvalue weighted by atomic mass is 79.9. The third-order valence-corrected chi connectivity index (χ3v) is 3.77. The van der Waals surface area contributed by atoms with E-state index in [1.165, 1.54) is 18.5 Å². The molecule has 0 saturated heterocycles. The minimum Gasteiger partial charge on any atom is -0.308 e. The lowest BCUT2D eigenvalue weighted by atomic mass is 9.94. The average Bonchev–Trinajstić information content (AvgIpc) is 2.61. The Kier molecular flexibility index (Phi) is 6.20. The van der Waals surface area contributed by atoms with E-state index in [-0.39, 0.29) is 0 Å². The van der Waals surface area contributed by atoms with Crippen LogP contribution < -0.4 is 5.32 Å². The Hall–Kier alpha value is -0.350. The molecule has 0 saturated carbocycles. The maximum absolute atomic E-state index is 4.32. The molecule has 0 aromatic carbocycles. The van der Waals surface area contributed by atoms with Gasteiger partial charge in [0.15, 0.2) is 0 Å². The fraction of sp³-hybridized carbons (Fsp3) is 0.769. The van der Waals surface area contributed by atoms with Gasteiger partial charge in [-0.15, -0.1) is 0 Å². The summed E-state index contributed by atoms with van der Waals surface area (Å²) in [5, 5.41) is 7.96. The number of rotatable bonds is 7. The van der Waals surface area contributed by atoms with Crippen LogP contribution in [0.15, 0.2) is 10.7 Å². The molecule has 1 aromatic heterocycles. The third-order valence-electron chi connectivity index (χ3n) is 3.16. The predicted octanol–water partition coefficient (Wildman–Crippen LogP) is 3.66. The van der Waals surface area contributed by atoms with Gasteiger partial charge < -0.3 is 5.32 Å². The van der Waals surface area contributed by atoms with Crippen LogP contribution in [0, 0.1) is 5.92 Å². The van der Waals surface area contributed by atoms with Gasteiger partial charge in [0, 0.05) is 7.05 Å². The van der Waals surface area contributed by atoms with Gasteiger partial charge in [0.2, 0.25) is 0 Å². The highest BCUT2D eigenvalue weighted by Gasteiger charge is 2.23. The minimum absolute atomic E-state index is 0.386. The summed E-state index contributed by atoms with van der Waals surface area (Å²) in [7, 11) is 2.01. The van der Waals surface area contributed by atoms with Gasteiger partial charge in [-0.1, -0.05) is 27.2 Å². The molecular formula is C13H24BrN3. The van der Waals surface area contributed by atoms with E-state index in [0.29, 0.717) is 12.0 Å². The molecule has 1 N–H and O–H groups in total. The largest absolute Gasteiger partial charge is 0.308 e. The van der Waals surface area contributed by atoms with Gasteiger partial charge in [-0.3, -0.25) is 4.68 Å². The summed E-state index contributed by atoms with van der Waals surface area (Å²) >= 11 is 3.61. The standard InChI is InChI=1S/C13H24BrN3/c1-5-7-10(3)12(15-8-6-2)13-11(14)9-16-17(13)4/h9-10,12,15H,5-8H2,1-4H3. The van der Waals surface area contributed by atoms with Crippen LogP contribution in [0.4, 0.5) is 0 Å². The normalized spacial score (nSPS) is 14.9. The quantitative estimate of drug-likeness (QED) is 0.833. The van der Waals surface area contributed by atoms with Crippen molar-refractivity contribution in [2.24, 2.45) is 13.0 Å². The molecule has 1 aromatic rings. The first-order chi connectivity index (χ1) is 8.11. The fourth-order valence-corrected chi connectivity index (χ4v) is 2.85. The Bertz CT molecular complexity index is 316. The zero-order chi connectivity index (χ0) is 12.8. The van der Waals surface area contributed by atoms with Gasteiger partial charge in [0.05, 0.1) is 22.4 Å². The lowest BCUT2D eigenvalue weighted by Crippen LogP contribution is -2.29. The van der Waals surface area contributed by atoms with Crippen molar-refractivity contribution in [2.45, 2.75) is 46.1 Å². The molecule has 0 aliphatic heterocycles. The van der Waals surface area contributed by atoms with Crippen molar-refractivity contribution in [3.8, 4) is 0 Å². The second-order valence-electron chi connectivity index (χ2n) is 4.70. The summed E-state index contributed by atoms with van der Waals surface area (Å²) in [6, 6.07) is 0.386.